The zero-order chi connectivity index (χ0) is 22.1. The zero-order valence-electron chi connectivity index (χ0n) is 16.3. The Bertz CT molecular complexity index is 1190. The number of benzene rings is 2. The fourth-order valence-electron chi connectivity index (χ4n) is 3.42. The number of likely N-dealkylation sites (tertiary alicyclic amines) is 1. The van der Waals surface area contributed by atoms with Gasteiger partial charge in [0.15, 0.2) is 5.75 Å². The Morgan fingerprint density at radius 1 is 1.35 bits per heavy atom. The molecule has 2 aromatic carbocycles. The molecular weight excluding hydrogens is 473 g/mol. The van der Waals surface area contributed by atoms with Gasteiger partial charge in [-0.1, -0.05) is 15.9 Å². The SMILES string of the molecule is CC(=O)N1CCC(Oc2cc3ncnc(Nc4ccc(Br)cc4F)c3cc2[N+](=O)[O-])C1. The summed E-state index contributed by atoms with van der Waals surface area (Å²) in [5.74, 6) is -0.286. The van der Waals surface area contributed by atoms with Crippen molar-refractivity contribution in [3.05, 3.63) is 57.1 Å². The van der Waals surface area contributed by atoms with Gasteiger partial charge in [-0.3, -0.25) is 14.9 Å². The van der Waals surface area contributed by atoms with Gasteiger partial charge in [-0.25, -0.2) is 14.4 Å². The number of halogens is 2. The van der Waals surface area contributed by atoms with Crippen LogP contribution in [-0.2, 0) is 4.79 Å². The second-order valence-electron chi connectivity index (χ2n) is 7.06. The molecule has 1 aliphatic heterocycles. The molecule has 0 radical (unpaired) electrons. The molecule has 1 aliphatic rings. The molecule has 0 bridgehead atoms. The molecule has 1 amide bonds. The Labute approximate surface area is 184 Å². The second kappa shape index (κ2) is 8.42. The van der Waals surface area contributed by atoms with Crippen LogP contribution in [-0.4, -0.2) is 44.9 Å². The smallest absolute Gasteiger partial charge is 0.311 e. The maximum absolute atomic E-state index is 14.2. The predicted octanol–water partition coefficient (Wildman–Crippen LogP) is 4.18. The highest BCUT2D eigenvalue weighted by Gasteiger charge is 2.28. The molecule has 4 rings (SSSR count). The first kappa shape index (κ1) is 20.9. The van der Waals surface area contributed by atoms with Crippen LogP contribution in [0.4, 0.5) is 21.6 Å². The summed E-state index contributed by atoms with van der Waals surface area (Å²) in [6.45, 7) is 2.38. The minimum atomic E-state index is -0.552. The molecule has 11 heteroatoms. The number of ether oxygens (including phenoxy) is 1. The van der Waals surface area contributed by atoms with Gasteiger partial charge in [-0.2, -0.15) is 0 Å². The van der Waals surface area contributed by atoms with Gasteiger partial charge >= 0.3 is 5.69 Å². The third-order valence-electron chi connectivity index (χ3n) is 4.98. The molecule has 3 aromatic rings. The lowest BCUT2D eigenvalue weighted by molar-refractivity contribution is -0.385. The molecule has 0 spiro atoms. The minimum Gasteiger partial charge on any atom is -0.481 e. The highest BCUT2D eigenvalue weighted by Crippen LogP contribution is 2.36. The van der Waals surface area contributed by atoms with Crippen molar-refractivity contribution in [1.82, 2.24) is 14.9 Å². The molecule has 0 saturated carbocycles. The van der Waals surface area contributed by atoms with Gasteiger partial charge in [0.2, 0.25) is 5.91 Å². The lowest BCUT2D eigenvalue weighted by Gasteiger charge is -2.16. The van der Waals surface area contributed by atoms with Gasteiger partial charge < -0.3 is 15.0 Å². The van der Waals surface area contributed by atoms with Crippen LogP contribution < -0.4 is 10.1 Å². The molecule has 1 fully saturated rings. The topological polar surface area (TPSA) is 110 Å². The Morgan fingerprint density at radius 3 is 2.84 bits per heavy atom. The number of anilines is 2. The van der Waals surface area contributed by atoms with Crippen LogP contribution in [0, 0.1) is 15.9 Å². The largest absolute Gasteiger partial charge is 0.481 e. The van der Waals surface area contributed by atoms with E-state index in [0.29, 0.717) is 34.9 Å². The maximum Gasteiger partial charge on any atom is 0.311 e. The van der Waals surface area contributed by atoms with E-state index >= 15 is 0 Å². The first-order chi connectivity index (χ1) is 14.8. The van der Waals surface area contributed by atoms with Crippen LogP contribution >= 0.6 is 15.9 Å². The number of hydrogen-bond acceptors (Lipinski definition) is 7. The van der Waals surface area contributed by atoms with Gasteiger partial charge in [0.25, 0.3) is 0 Å². The molecular formula is C20H17BrFN5O4. The van der Waals surface area contributed by atoms with Crippen LogP contribution in [0.3, 0.4) is 0 Å². The van der Waals surface area contributed by atoms with E-state index in [9.17, 15) is 19.3 Å². The van der Waals surface area contributed by atoms with Crippen LogP contribution in [0.5, 0.6) is 5.75 Å². The lowest BCUT2D eigenvalue weighted by atomic mass is 10.2. The number of carbonyl (C=O) groups excluding carboxylic acids is 1. The molecule has 1 N–H and O–H groups in total. The third-order valence-corrected chi connectivity index (χ3v) is 5.47. The van der Waals surface area contributed by atoms with Crippen LogP contribution in [0.1, 0.15) is 13.3 Å². The average molecular weight is 490 g/mol. The van der Waals surface area contributed by atoms with Crippen molar-refractivity contribution >= 4 is 49.9 Å². The quantitative estimate of drug-likeness (QED) is 0.422. The molecule has 160 valence electrons. The fraction of sp³-hybridized carbons (Fsp3) is 0.250. The van der Waals surface area contributed by atoms with Crippen molar-refractivity contribution in [2.45, 2.75) is 19.4 Å². The van der Waals surface area contributed by atoms with Crippen molar-refractivity contribution < 1.29 is 18.8 Å². The Balaban J connectivity index is 1.69. The summed E-state index contributed by atoms with van der Waals surface area (Å²) < 4.78 is 20.7. The summed E-state index contributed by atoms with van der Waals surface area (Å²) in [6, 6.07) is 7.26. The Hall–Kier alpha value is -3.34. The van der Waals surface area contributed by atoms with E-state index in [0.717, 1.165) is 0 Å². The molecule has 1 unspecified atom stereocenters. The monoisotopic (exact) mass is 489 g/mol. The molecule has 1 atom stereocenters. The maximum atomic E-state index is 14.2. The van der Waals surface area contributed by atoms with Crippen LogP contribution in [0.25, 0.3) is 10.9 Å². The van der Waals surface area contributed by atoms with E-state index in [1.165, 1.54) is 37.5 Å². The molecule has 2 heterocycles. The summed E-state index contributed by atoms with van der Waals surface area (Å²) in [5, 5.41) is 14.9. The Kier molecular flexibility index (Phi) is 5.68. The number of nitrogens with one attached hydrogen (secondary N) is 1. The van der Waals surface area contributed by atoms with Gasteiger partial charge in [0, 0.05) is 36.5 Å². The zero-order valence-corrected chi connectivity index (χ0v) is 17.9. The number of hydrogen-bond donors (Lipinski definition) is 1. The predicted molar refractivity (Wildman–Crippen MR) is 115 cm³/mol. The summed E-state index contributed by atoms with van der Waals surface area (Å²) >= 11 is 3.20. The number of rotatable bonds is 5. The molecule has 31 heavy (non-hydrogen) atoms. The highest BCUT2D eigenvalue weighted by molar-refractivity contribution is 9.10. The van der Waals surface area contributed by atoms with E-state index in [4.69, 9.17) is 4.74 Å². The van der Waals surface area contributed by atoms with E-state index in [-0.39, 0.29) is 35.0 Å². The summed E-state index contributed by atoms with van der Waals surface area (Å²) in [5.41, 5.74) is 0.307. The standard InChI is InChI=1S/C20H17BrFN5O4/c1-11(28)26-5-4-13(9-26)31-19-8-17-14(7-18(19)27(29)30)20(24-10-23-17)25-16-3-2-12(21)6-15(16)22/h2-3,6-8,10,13H,4-5,9H2,1H3,(H,23,24,25). The van der Waals surface area contributed by atoms with Crippen molar-refractivity contribution in [3.8, 4) is 5.75 Å². The van der Waals surface area contributed by atoms with E-state index in [2.05, 4.69) is 31.2 Å². The fourth-order valence-corrected chi connectivity index (χ4v) is 3.75. The summed E-state index contributed by atoms with van der Waals surface area (Å²) in [7, 11) is 0. The van der Waals surface area contributed by atoms with Crippen LogP contribution in [0.2, 0.25) is 0 Å². The normalized spacial score (nSPS) is 15.8. The molecule has 1 saturated heterocycles. The first-order valence-corrected chi connectivity index (χ1v) is 10.2. The molecule has 0 aliphatic carbocycles. The third kappa shape index (κ3) is 4.41. The summed E-state index contributed by atoms with van der Waals surface area (Å²) in [4.78, 5) is 32.6. The van der Waals surface area contributed by atoms with Crippen molar-refractivity contribution in [1.29, 1.82) is 0 Å². The highest BCUT2D eigenvalue weighted by atomic mass is 79.9. The molecule has 9 nitrogen and oxygen atoms in total. The number of nitro groups is 1. The minimum absolute atomic E-state index is 0.0624. The number of fused-ring (bicyclic) bond motifs is 1. The number of amides is 1. The van der Waals surface area contributed by atoms with Crippen LogP contribution in [0.15, 0.2) is 41.1 Å². The number of aromatic nitrogens is 2. The van der Waals surface area contributed by atoms with Gasteiger partial charge in [0.05, 0.1) is 28.1 Å². The Morgan fingerprint density at radius 2 is 2.16 bits per heavy atom. The van der Waals surface area contributed by atoms with Crippen molar-refractivity contribution in [3.63, 3.8) is 0 Å². The van der Waals surface area contributed by atoms with E-state index in [1.807, 2.05) is 0 Å². The number of carbonyl (C=O) groups is 1. The van der Waals surface area contributed by atoms with Gasteiger partial charge in [0.1, 0.15) is 24.1 Å². The van der Waals surface area contributed by atoms with E-state index in [1.54, 1.807) is 11.0 Å². The molecule has 1 aromatic heterocycles. The first-order valence-electron chi connectivity index (χ1n) is 9.39. The summed E-state index contributed by atoms with van der Waals surface area (Å²) in [6.07, 6.45) is 1.51. The number of nitrogens with zero attached hydrogens (tertiary/aromatic N) is 4. The van der Waals surface area contributed by atoms with Gasteiger partial charge in [-0.05, 0) is 18.2 Å². The van der Waals surface area contributed by atoms with Gasteiger partial charge in [-0.15, -0.1) is 0 Å². The number of nitro benzene ring substituents is 1. The van der Waals surface area contributed by atoms with Crippen molar-refractivity contribution in [2.24, 2.45) is 0 Å². The van der Waals surface area contributed by atoms with E-state index < -0.39 is 10.7 Å². The lowest BCUT2D eigenvalue weighted by Crippen LogP contribution is -2.28. The average Bonchev–Trinajstić information content (AvgIpc) is 3.18. The second-order valence-corrected chi connectivity index (χ2v) is 7.97. The van der Waals surface area contributed by atoms with Crippen molar-refractivity contribution in [2.75, 3.05) is 18.4 Å².